The Morgan fingerprint density at radius 3 is 2.47 bits per heavy atom. The third-order valence-electron chi connectivity index (χ3n) is 2.67. The number of nitrogens with two attached hydrogens (primary N) is 1. The SMILES string of the molecule is CC(C)(CN)CCS(=O)c1ccc(Cl)c(Cl)c1. The lowest BCUT2D eigenvalue weighted by Gasteiger charge is -2.21. The lowest BCUT2D eigenvalue weighted by atomic mass is 9.91. The Labute approximate surface area is 115 Å². The van der Waals surface area contributed by atoms with Crippen molar-refractivity contribution in [2.24, 2.45) is 11.1 Å². The Hall–Kier alpha value is -0.0900. The molecule has 2 N–H and O–H groups in total. The van der Waals surface area contributed by atoms with Gasteiger partial charge in [-0.1, -0.05) is 37.0 Å². The third kappa shape index (κ3) is 4.59. The molecule has 1 rings (SSSR count). The van der Waals surface area contributed by atoms with E-state index in [1.54, 1.807) is 18.2 Å². The lowest BCUT2D eigenvalue weighted by Crippen LogP contribution is -2.25. The zero-order valence-corrected chi connectivity index (χ0v) is 12.3. The van der Waals surface area contributed by atoms with Crippen molar-refractivity contribution in [3.05, 3.63) is 28.2 Å². The minimum atomic E-state index is -1.05. The van der Waals surface area contributed by atoms with E-state index in [0.717, 1.165) is 6.42 Å². The summed E-state index contributed by atoms with van der Waals surface area (Å²) in [5.41, 5.74) is 5.66. The van der Waals surface area contributed by atoms with Crippen LogP contribution in [0.5, 0.6) is 0 Å². The number of halogens is 2. The molecular formula is C12H17Cl2NOS. The van der Waals surface area contributed by atoms with Gasteiger partial charge in [0.25, 0.3) is 0 Å². The second-order valence-corrected chi connectivity index (χ2v) is 7.13. The van der Waals surface area contributed by atoms with Gasteiger partial charge in [-0.2, -0.15) is 0 Å². The van der Waals surface area contributed by atoms with Gasteiger partial charge in [-0.15, -0.1) is 0 Å². The topological polar surface area (TPSA) is 43.1 Å². The van der Waals surface area contributed by atoms with E-state index in [-0.39, 0.29) is 5.41 Å². The normalized spacial score (nSPS) is 13.7. The quantitative estimate of drug-likeness (QED) is 0.903. The summed E-state index contributed by atoms with van der Waals surface area (Å²) in [4.78, 5) is 0.715. The first-order valence-electron chi connectivity index (χ1n) is 5.39. The maximum Gasteiger partial charge on any atom is 0.0604 e. The Morgan fingerprint density at radius 2 is 1.94 bits per heavy atom. The molecule has 17 heavy (non-hydrogen) atoms. The van der Waals surface area contributed by atoms with Crippen molar-refractivity contribution in [2.75, 3.05) is 12.3 Å². The van der Waals surface area contributed by atoms with Crippen LogP contribution in [0, 0.1) is 5.41 Å². The monoisotopic (exact) mass is 293 g/mol. The maximum absolute atomic E-state index is 12.0. The summed E-state index contributed by atoms with van der Waals surface area (Å²) < 4.78 is 12.0. The van der Waals surface area contributed by atoms with Crippen molar-refractivity contribution < 1.29 is 4.21 Å². The summed E-state index contributed by atoms with van der Waals surface area (Å²) in [6, 6.07) is 5.08. The van der Waals surface area contributed by atoms with Crippen LogP contribution in [0.25, 0.3) is 0 Å². The highest BCUT2D eigenvalue weighted by Gasteiger charge is 2.17. The molecular weight excluding hydrogens is 277 g/mol. The van der Waals surface area contributed by atoms with E-state index in [1.807, 2.05) is 0 Å². The molecule has 0 aliphatic carbocycles. The van der Waals surface area contributed by atoms with Crippen molar-refractivity contribution in [2.45, 2.75) is 25.2 Å². The summed E-state index contributed by atoms with van der Waals surface area (Å²) in [6.45, 7) is 4.73. The molecule has 0 radical (unpaired) electrons. The average molecular weight is 294 g/mol. The first-order valence-corrected chi connectivity index (χ1v) is 7.47. The standard InChI is InChI=1S/C12H17Cl2NOS/c1-12(2,8-15)5-6-17(16)9-3-4-10(13)11(14)7-9/h3-4,7H,5-6,8,15H2,1-2H3. The van der Waals surface area contributed by atoms with E-state index in [1.165, 1.54) is 0 Å². The van der Waals surface area contributed by atoms with Crippen molar-refractivity contribution in [3.63, 3.8) is 0 Å². The smallest absolute Gasteiger partial charge is 0.0604 e. The van der Waals surface area contributed by atoms with E-state index in [0.29, 0.717) is 27.2 Å². The molecule has 0 saturated carbocycles. The highest BCUT2D eigenvalue weighted by molar-refractivity contribution is 7.85. The number of hydrogen-bond acceptors (Lipinski definition) is 2. The Balaban J connectivity index is 2.68. The van der Waals surface area contributed by atoms with Gasteiger partial charge in [0.2, 0.25) is 0 Å². The van der Waals surface area contributed by atoms with E-state index in [4.69, 9.17) is 28.9 Å². The molecule has 0 heterocycles. The number of rotatable bonds is 5. The van der Waals surface area contributed by atoms with Crippen molar-refractivity contribution in [1.29, 1.82) is 0 Å². The molecule has 0 amide bonds. The molecule has 0 aromatic heterocycles. The molecule has 96 valence electrons. The third-order valence-corrected chi connectivity index (χ3v) is 4.76. The van der Waals surface area contributed by atoms with Gasteiger partial charge >= 0.3 is 0 Å². The van der Waals surface area contributed by atoms with Crippen molar-refractivity contribution in [3.8, 4) is 0 Å². The van der Waals surface area contributed by atoms with Gasteiger partial charge in [-0.05, 0) is 36.6 Å². The number of hydrogen-bond donors (Lipinski definition) is 1. The highest BCUT2D eigenvalue weighted by atomic mass is 35.5. The molecule has 1 aromatic rings. The van der Waals surface area contributed by atoms with Crippen LogP contribution in [0.1, 0.15) is 20.3 Å². The van der Waals surface area contributed by atoms with Gasteiger partial charge in [0.15, 0.2) is 0 Å². The zero-order valence-electron chi connectivity index (χ0n) is 10.0. The van der Waals surface area contributed by atoms with E-state index in [2.05, 4.69) is 13.8 Å². The summed E-state index contributed by atoms with van der Waals surface area (Å²) in [5, 5.41) is 0.922. The maximum atomic E-state index is 12.0. The minimum Gasteiger partial charge on any atom is -0.330 e. The lowest BCUT2D eigenvalue weighted by molar-refractivity contribution is 0.367. The van der Waals surface area contributed by atoms with Crippen LogP contribution in [-0.2, 0) is 10.8 Å². The molecule has 0 fully saturated rings. The van der Waals surface area contributed by atoms with Crippen LogP contribution in [0.15, 0.2) is 23.1 Å². The van der Waals surface area contributed by atoms with Crippen LogP contribution in [-0.4, -0.2) is 16.5 Å². The van der Waals surface area contributed by atoms with Crippen LogP contribution >= 0.6 is 23.2 Å². The van der Waals surface area contributed by atoms with Gasteiger partial charge in [-0.25, -0.2) is 0 Å². The van der Waals surface area contributed by atoms with Gasteiger partial charge in [-0.3, -0.25) is 4.21 Å². The number of benzene rings is 1. The second kappa shape index (κ2) is 6.19. The molecule has 0 bridgehead atoms. The highest BCUT2D eigenvalue weighted by Crippen LogP contribution is 2.25. The summed E-state index contributed by atoms with van der Waals surface area (Å²) in [6.07, 6.45) is 0.816. The average Bonchev–Trinajstić information content (AvgIpc) is 2.30. The largest absolute Gasteiger partial charge is 0.330 e. The van der Waals surface area contributed by atoms with Gasteiger partial charge in [0, 0.05) is 10.6 Å². The molecule has 0 aliphatic heterocycles. The fraction of sp³-hybridized carbons (Fsp3) is 0.500. The van der Waals surface area contributed by atoms with Crippen molar-refractivity contribution >= 4 is 34.0 Å². The Bertz CT molecular complexity index is 421. The summed E-state index contributed by atoms with van der Waals surface area (Å²) in [5.74, 6) is 0.585. The Kier molecular flexibility index (Phi) is 5.45. The van der Waals surface area contributed by atoms with E-state index < -0.39 is 10.8 Å². The molecule has 5 heteroatoms. The molecule has 0 aliphatic rings. The van der Waals surface area contributed by atoms with Crippen LogP contribution in [0.2, 0.25) is 10.0 Å². The van der Waals surface area contributed by atoms with Gasteiger partial charge < -0.3 is 5.73 Å². The fourth-order valence-electron chi connectivity index (χ4n) is 1.21. The molecule has 1 atom stereocenters. The molecule has 1 unspecified atom stereocenters. The molecule has 2 nitrogen and oxygen atoms in total. The minimum absolute atomic E-state index is 0.0197. The van der Waals surface area contributed by atoms with Gasteiger partial charge in [0.05, 0.1) is 20.8 Å². The van der Waals surface area contributed by atoms with Crippen LogP contribution in [0.3, 0.4) is 0 Å². The van der Waals surface area contributed by atoms with Gasteiger partial charge in [0.1, 0.15) is 0 Å². The fourth-order valence-corrected chi connectivity index (χ4v) is 3.01. The first kappa shape index (κ1) is 15.0. The van der Waals surface area contributed by atoms with E-state index >= 15 is 0 Å². The zero-order chi connectivity index (χ0) is 13.1. The first-order chi connectivity index (χ1) is 7.85. The molecule has 0 saturated heterocycles. The summed E-state index contributed by atoms with van der Waals surface area (Å²) >= 11 is 11.7. The molecule has 1 aromatic carbocycles. The summed E-state index contributed by atoms with van der Waals surface area (Å²) in [7, 11) is -1.05. The predicted octanol–water partition coefficient (Wildman–Crippen LogP) is 3.48. The predicted molar refractivity (Wildman–Crippen MR) is 75.2 cm³/mol. The Morgan fingerprint density at radius 1 is 1.29 bits per heavy atom. The van der Waals surface area contributed by atoms with Crippen LogP contribution < -0.4 is 5.73 Å². The molecule has 0 spiro atoms. The van der Waals surface area contributed by atoms with Crippen molar-refractivity contribution in [1.82, 2.24) is 0 Å². The van der Waals surface area contributed by atoms with Crippen LogP contribution in [0.4, 0.5) is 0 Å². The second-order valence-electron chi connectivity index (χ2n) is 4.74. The van der Waals surface area contributed by atoms with E-state index in [9.17, 15) is 4.21 Å².